The van der Waals surface area contributed by atoms with E-state index in [4.69, 9.17) is 0 Å². The van der Waals surface area contributed by atoms with Gasteiger partial charge in [0.05, 0.1) is 16.7 Å². The molecule has 0 fully saturated rings. The molecule has 0 spiro atoms. The van der Waals surface area contributed by atoms with Crippen LogP contribution in [0.2, 0.25) is 0 Å². The van der Waals surface area contributed by atoms with Gasteiger partial charge in [0, 0.05) is 43.1 Å². The molecule has 2 heterocycles. The van der Waals surface area contributed by atoms with Gasteiger partial charge in [-0.05, 0) is 37.6 Å². The standard InChI is InChI=1S/C23H26N4O2S/c1-17-25-18-7-2-3-8-19(18)26(17)14-6-13-24-22(28)11-12-23(29)27-15-16-30-21-10-5-4-9-20(21)27/h2-5,7-10H,6,11-16H2,1H3,(H,24,28). The number of nitrogens with zero attached hydrogens (tertiary/aromatic N) is 3. The molecule has 4 rings (SSSR count). The molecule has 2 aromatic carbocycles. The van der Waals surface area contributed by atoms with Gasteiger partial charge in [-0.1, -0.05) is 24.3 Å². The number of fused-ring (bicyclic) bond motifs is 2. The lowest BCUT2D eigenvalue weighted by Gasteiger charge is -2.29. The second kappa shape index (κ2) is 9.34. The number of nitrogens with one attached hydrogen (secondary N) is 1. The zero-order valence-electron chi connectivity index (χ0n) is 17.1. The van der Waals surface area contributed by atoms with Crippen molar-refractivity contribution in [2.45, 2.75) is 37.6 Å². The van der Waals surface area contributed by atoms with Crippen LogP contribution in [0.5, 0.6) is 0 Å². The van der Waals surface area contributed by atoms with E-state index in [1.165, 1.54) is 0 Å². The molecule has 0 unspecified atom stereocenters. The van der Waals surface area contributed by atoms with Crippen LogP contribution in [0.25, 0.3) is 11.0 Å². The molecule has 0 saturated heterocycles. The number of para-hydroxylation sites is 3. The van der Waals surface area contributed by atoms with Crippen molar-refractivity contribution in [1.29, 1.82) is 0 Å². The van der Waals surface area contributed by atoms with Gasteiger partial charge in [-0.3, -0.25) is 9.59 Å². The zero-order chi connectivity index (χ0) is 20.9. The van der Waals surface area contributed by atoms with Crippen molar-refractivity contribution in [2.75, 3.05) is 23.7 Å². The van der Waals surface area contributed by atoms with E-state index in [1.54, 1.807) is 11.8 Å². The predicted octanol–water partition coefficient (Wildman–Crippen LogP) is 3.77. The van der Waals surface area contributed by atoms with E-state index < -0.39 is 0 Å². The van der Waals surface area contributed by atoms with Crippen molar-refractivity contribution in [3.63, 3.8) is 0 Å². The Morgan fingerprint density at radius 1 is 1.10 bits per heavy atom. The number of amides is 2. The SMILES string of the molecule is Cc1nc2ccccc2n1CCCNC(=O)CCC(=O)N1CCSc2ccccc21. The number of benzene rings is 2. The summed E-state index contributed by atoms with van der Waals surface area (Å²) in [6, 6.07) is 16.0. The molecule has 1 aliphatic heterocycles. The number of carbonyl (C=O) groups excluding carboxylic acids is 2. The molecule has 0 aliphatic carbocycles. The lowest BCUT2D eigenvalue weighted by molar-refractivity contribution is -0.125. The van der Waals surface area contributed by atoms with E-state index >= 15 is 0 Å². The van der Waals surface area contributed by atoms with Gasteiger partial charge < -0.3 is 14.8 Å². The van der Waals surface area contributed by atoms with Crippen LogP contribution in [0.4, 0.5) is 5.69 Å². The number of anilines is 1. The van der Waals surface area contributed by atoms with Crippen LogP contribution in [-0.4, -0.2) is 40.2 Å². The topological polar surface area (TPSA) is 67.2 Å². The number of hydrogen-bond donors (Lipinski definition) is 1. The third-order valence-corrected chi connectivity index (χ3v) is 6.36. The Morgan fingerprint density at radius 3 is 2.80 bits per heavy atom. The Kier molecular flexibility index (Phi) is 6.38. The summed E-state index contributed by atoms with van der Waals surface area (Å²) in [5.74, 6) is 1.80. The number of rotatable bonds is 7. The van der Waals surface area contributed by atoms with Gasteiger partial charge in [-0.25, -0.2) is 4.98 Å². The lowest BCUT2D eigenvalue weighted by Crippen LogP contribution is -2.36. The first kappa shape index (κ1) is 20.5. The van der Waals surface area contributed by atoms with Crippen LogP contribution in [0, 0.1) is 6.92 Å². The van der Waals surface area contributed by atoms with Gasteiger partial charge in [0.25, 0.3) is 0 Å². The number of carbonyl (C=O) groups is 2. The first-order valence-electron chi connectivity index (χ1n) is 10.3. The van der Waals surface area contributed by atoms with Crippen LogP contribution in [0.1, 0.15) is 25.1 Å². The minimum absolute atomic E-state index is 0.0124. The number of imidazole rings is 1. The van der Waals surface area contributed by atoms with E-state index in [1.807, 2.05) is 54.3 Å². The number of aryl methyl sites for hydroxylation is 2. The largest absolute Gasteiger partial charge is 0.356 e. The van der Waals surface area contributed by atoms with Gasteiger partial charge in [0.1, 0.15) is 5.82 Å². The summed E-state index contributed by atoms with van der Waals surface area (Å²) in [6.07, 6.45) is 1.27. The fraction of sp³-hybridized carbons (Fsp3) is 0.348. The van der Waals surface area contributed by atoms with E-state index in [2.05, 4.69) is 20.9 Å². The maximum atomic E-state index is 12.6. The van der Waals surface area contributed by atoms with Crippen LogP contribution >= 0.6 is 11.8 Å². The van der Waals surface area contributed by atoms with Gasteiger partial charge in [-0.15, -0.1) is 11.8 Å². The molecule has 0 saturated carbocycles. The van der Waals surface area contributed by atoms with Crippen LogP contribution in [-0.2, 0) is 16.1 Å². The number of thioether (sulfide) groups is 1. The Balaban J connectivity index is 1.22. The molecule has 7 heteroatoms. The summed E-state index contributed by atoms with van der Waals surface area (Å²) in [5, 5.41) is 2.94. The van der Waals surface area contributed by atoms with Crippen molar-refractivity contribution in [1.82, 2.24) is 14.9 Å². The highest BCUT2D eigenvalue weighted by atomic mass is 32.2. The summed E-state index contributed by atoms with van der Waals surface area (Å²) in [4.78, 5) is 32.4. The van der Waals surface area contributed by atoms with Gasteiger partial charge in [0.15, 0.2) is 0 Å². The predicted molar refractivity (Wildman–Crippen MR) is 121 cm³/mol. The Labute approximate surface area is 180 Å². The van der Waals surface area contributed by atoms with E-state index in [9.17, 15) is 9.59 Å². The summed E-state index contributed by atoms with van der Waals surface area (Å²) in [7, 11) is 0. The molecular weight excluding hydrogens is 396 g/mol. The monoisotopic (exact) mass is 422 g/mol. The first-order valence-corrected chi connectivity index (χ1v) is 11.3. The van der Waals surface area contributed by atoms with Crippen LogP contribution in [0.3, 0.4) is 0 Å². The third kappa shape index (κ3) is 4.51. The molecule has 1 aromatic heterocycles. The minimum atomic E-state index is -0.0739. The first-order chi connectivity index (χ1) is 14.6. The Morgan fingerprint density at radius 2 is 1.90 bits per heavy atom. The number of hydrogen-bond acceptors (Lipinski definition) is 4. The highest BCUT2D eigenvalue weighted by Crippen LogP contribution is 2.34. The molecule has 156 valence electrons. The number of aromatic nitrogens is 2. The van der Waals surface area contributed by atoms with Crippen molar-refractivity contribution in [3.8, 4) is 0 Å². The molecule has 1 N–H and O–H groups in total. The molecule has 3 aromatic rings. The maximum absolute atomic E-state index is 12.6. The lowest BCUT2D eigenvalue weighted by atomic mass is 10.2. The fourth-order valence-electron chi connectivity index (χ4n) is 3.82. The average molecular weight is 423 g/mol. The second-order valence-electron chi connectivity index (χ2n) is 7.36. The smallest absolute Gasteiger partial charge is 0.227 e. The third-order valence-electron chi connectivity index (χ3n) is 5.32. The Hall–Kier alpha value is -2.80. The molecule has 30 heavy (non-hydrogen) atoms. The molecule has 0 atom stereocenters. The normalized spacial score (nSPS) is 13.3. The van der Waals surface area contributed by atoms with Crippen LogP contribution < -0.4 is 10.2 Å². The fourth-order valence-corrected chi connectivity index (χ4v) is 4.81. The maximum Gasteiger partial charge on any atom is 0.227 e. The van der Waals surface area contributed by atoms with Gasteiger partial charge >= 0.3 is 0 Å². The van der Waals surface area contributed by atoms with Crippen molar-refractivity contribution < 1.29 is 9.59 Å². The summed E-state index contributed by atoms with van der Waals surface area (Å²) in [6.45, 7) is 4.08. The molecule has 2 amide bonds. The summed E-state index contributed by atoms with van der Waals surface area (Å²) < 4.78 is 2.18. The highest BCUT2D eigenvalue weighted by molar-refractivity contribution is 7.99. The molecular formula is C23H26N4O2S. The molecule has 0 radical (unpaired) electrons. The van der Waals surface area contributed by atoms with Crippen molar-refractivity contribution >= 4 is 40.3 Å². The van der Waals surface area contributed by atoms with E-state index in [0.717, 1.165) is 46.2 Å². The molecule has 6 nitrogen and oxygen atoms in total. The van der Waals surface area contributed by atoms with Gasteiger partial charge in [0.2, 0.25) is 11.8 Å². The average Bonchev–Trinajstić information content (AvgIpc) is 3.09. The zero-order valence-corrected chi connectivity index (χ0v) is 18.0. The molecule has 1 aliphatic rings. The highest BCUT2D eigenvalue weighted by Gasteiger charge is 2.22. The van der Waals surface area contributed by atoms with Crippen molar-refractivity contribution in [3.05, 3.63) is 54.4 Å². The second-order valence-corrected chi connectivity index (χ2v) is 8.50. The van der Waals surface area contributed by atoms with E-state index in [0.29, 0.717) is 13.1 Å². The van der Waals surface area contributed by atoms with E-state index in [-0.39, 0.29) is 24.7 Å². The summed E-state index contributed by atoms with van der Waals surface area (Å²) >= 11 is 1.77. The quantitative estimate of drug-likeness (QED) is 0.589. The summed E-state index contributed by atoms with van der Waals surface area (Å²) in [5.41, 5.74) is 3.07. The minimum Gasteiger partial charge on any atom is -0.356 e. The van der Waals surface area contributed by atoms with Crippen molar-refractivity contribution in [2.24, 2.45) is 0 Å². The Bertz CT molecular complexity index is 1060. The van der Waals surface area contributed by atoms with Gasteiger partial charge in [-0.2, -0.15) is 0 Å². The molecule has 0 bridgehead atoms. The van der Waals surface area contributed by atoms with Crippen LogP contribution in [0.15, 0.2) is 53.4 Å².